The molecule has 2 aromatic carbocycles. The molecule has 2 heterocycles. The van der Waals surface area contributed by atoms with E-state index in [1.165, 1.54) is 24.5 Å². The van der Waals surface area contributed by atoms with Gasteiger partial charge in [-0.2, -0.15) is 0 Å². The third-order valence-electron chi connectivity index (χ3n) is 6.19. The Morgan fingerprint density at radius 2 is 1.93 bits per heavy atom. The van der Waals surface area contributed by atoms with Crippen molar-refractivity contribution in [3.63, 3.8) is 0 Å². The molecule has 1 saturated heterocycles. The summed E-state index contributed by atoms with van der Waals surface area (Å²) in [4.78, 5) is 13.8. The highest BCUT2D eigenvalue weighted by Crippen LogP contribution is 2.42. The van der Waals surface area contributed by atoms with E-state index in [2.05, 4.69) is 64.8 Å². The molecule has 2 aliphatic heterocycles. The first kappa shape index (κ1) is 19.9. The van der Waals surface area contributed by atoms with Gasteiger partial charge in [0.1, 0.15) is 0 Å². The fraction of sp³-hybridized carbons (Fsp3) is 0.400. The van der Waals surface area contributed by atoms with Crippen molar-refractivity contribution in [2.45, 2.75) is 38.8 Å². The molecule has 152 valence electrons. The van der Waals surface area contributed by atoms with Gasteiger partial charge in [0.25, 0.3) is 0 Å². The van der Waals surface area contributed by atoms with Crippen molar-refractivity contribution in [3.8, 4) is 0 Å². The number of nitrogens with one attached hydrogen (secondary N) is 1. The third-order valence-corrected chi connectivity index (χ3v) is 6.19. The van der Waals surface area contributed by atoms with Crippen molar-refractivity contribution in [2.24, 2.45) is 5.41 Å². The van der Waals surface area contributed by atoms with Gasteiger partial charge in [-0.25, -0.2) is 0 Å². The Balaban J connectivity index is 1.41. The van der Waals surface area contributed by atoms with Gasteiger partial charge in [0, 0.05) is 31.1 Å². The van der Waals surface area contributed by atoms with Crippen molar-refractivity contribution in [1.82, 2.24) is 4.90 Å². The summed E-state index contributed by atoms with van der Waals surface area (Å²) in [5, 5.41) is 2.83. The maximum absolute atomic E-state index is 11.2. The van der Waals surface area contributed by atoms with Crippen molar-refractivity contribution in [1.29, 1.82) is 0 Å². The molecule has 2 atom stereocenters. The van der Waals surface area contributed by atoms with Gasteiger partial charge in [-0.3, -0.25) is 9.69 Å². The van der Waals surface area contributed by atoms with Gasteiger partial charge < -0.3 is 10.1 Å². The quantitative estimate of drug-likeness (QED) is 0.712. The van der Waals surface area contributed by atoms with Crippen molar-refractivity contribution in [3.05, 3.63) is 77.9 Å². The molecule has 4 heteroatoms. The highest BCUT2D eigenvalue weighted by molar-refractivity contribution is 5.88. The maximum Gasteiger partial charge on any atom is 0.221 e. The molecular weight excluding hydrogens is 360 g/mol. The average molecular weight is 391 g/mol. The Morgan fingerprint density at radius 3 is 2.62 bits per heavy atom. The van der Waals surface area contributed by atoms with Crippen LogP contribution < -0.4 is 5.32 Å². The molecule has 2 aromatic rings. The van der Waals surface area contributed by atoms with Gasteiger partial charge in [0.15, 0.2) is 0 Å². The van der Waals surface area contributed by atoms with Gasteiger partial charge in [-0.15, -0.1) is 0 Å². The molecule has 0 aliphatic carbocycles. The summed E-state index contributed by atoms with van der Waals surface area (Å²) >= 11 is 0. The molecular formula is C25H30N2O2. The van der Waals surface area contributed by atoms with Gasteiger partial charge in [-0.05, 0) is 49.1 Å². The SMILES string of the molecule is CC(=O)Nc1ccc(CN2CC[C@@](CCc3ccccc3)([C@@H]3C=CCO3)C2)cc1. The minimum Gasteiger partial charge on any atom is -0.369 e. The summed E-state index contributed by atoms with van der Waals surface area (Å²) in [6.07, 6.45) is 8.06. The number of likely N-dealkylation sites (tertiary alicyclic amines) is 1. The molecule has 1 amide bonds. The molecule has 0 radical (unpaired) electrons. The molecule has 1 fully saturated rings. The zero-order valence-corrected chi connectivity index (χ0v) is 17.1. The highest BCUT2D eigenvalue weighted by atomic mass is 16.5. The number of anilines is 1. The van der Waals surface area contributed by atoms with Crippen LogP contribution in [0.5, 0.6) is 0 Å². The Kier molecular flexibility index (Phi) is 6.12. The van der Waals surface area contributed by atoms with Crippen LogP contribution >= 0.6 is 0 Å². The Morgan fingerprint density at radius 1 is 1.14 bits per heavy atom. The van der Waals surface area contributed by atoms with Crippen LogP contribution in [0.2, 0.25) is 0 Å². The Bertz CT molecular complexity index is 847. The van der Waals surface area contributed by atoms with Crippen LogP contribution in [0.3, 0.4) is 0 Å². The van der Waals surface area contributed by atoms with Crippen LogP contribution in [-0.4, -0.2) is 36.6 Å². The predicted octanol–water partition coefficient (Wildman–Crippen LogP) is 4.42. The van der Waals surface area contributed by atoms with E-state index in [0.717, 1.165) is 44.8 Å². The smallest absolute Gasteiger partial charge is 0.221 e. The van der Waals surface area contributed by atoms with Crippen LogP contribution in [0.15, 0.2) is 66.7 Å². The summed E-state index contributed by atoms with van der Waals surface area (Å²) < 4.78 is 6.10. The van der Waals surface area contributed by atoms with Crippen molar-refractivity contribution in [2.75, 3.05) is 25.0 Å². The van der Waals surface area contributed by atoms with Crippen molar-refractivity contribution >= 4 is 11.6 Å². The molecule has 4 rings (SSSR count). The number of benzene rings is 2. The molecule has 0 spiro atoms. The van der Waals surface area contributed by atoms with Crippen LogP contribution in [0.25, 0.3) is 0 Å². The molecule has 0 bridgehead atoms. The first-order valence-corrected chi connectivity index (χ1v) is 10.5. The summed E-state index contributed by atoms with van der Waals surface area (Å²) in [6, 6.07) is 19.0. The molecule has 2 aliphatic rings. The van der Waals surface area contributed by atoms with E-state index in [4.69, 9.17) is 4.74 Å². The molecule has 1 N–H and O–H groups in total. The van der Waals surface area contributed by atoms with Crippen LogP contribution in [0.4, 0.5) is 5.69 Å². The third kappa shape index (κ3) is 4.95. The van der Waals surface area contributed by atoms with E-state index in [0.29, 0.717) is 0 Å². The molecule has 0 saturated carbocycles. The molecule has 0 aromatic heterocycles. The highest BCUT2D eigenvalue weighted by Gasteiger charge is 2.44. The minimum atomic E-state index is -0.0369. The average Bonchev–Trinajstić information content (AvgIpc) is 3.40. The lowest BCUT2D eigenvalue weighted by Crippen LogP contribution is -2.38. The van der Waals surface area contributed by atoms with Crippen molar-refractivity contribution < 1.29 is 9.53 Å². The van der Waals surface area contributed by atoms with E-state index in [9.17, 15) is 4.79 Å². The van der Waals surface area contributed by atoms with E-state index in [1.807, 2.05) is 12.1 Å². The zero-order valence-electron chi connectivity index (χ0n) is 17.1. The number of rotatable bonds is 7. The van der Waals surface area contributed by atoms with E-state index >= 15 is 0 Å². The monoisotopic (exact) mass is 390 g/mol. The summed E-state index contributed by atoms with van der Waals surface area (Å²) in [5.74, 6) is -0.0369. The summed E-state index contributed by atoms with van der Waals surface area (Å²) in [6.45, 7) is 5.36. The number of carbonyl (C=O) groups is 1. The van der Waals surface area contributed by atoms with Crippen LogP contribution in [0, 0.1) is 5.41 Å². The lowest BCUT2D eigenvalue weighted by Gasteiger charge is -2.34. The van der Waals surface area contributed by atoms with E-state index < -0.39 is 0 Å². The summed E-state index contributed by atoms with van der Waals surface area (Å²) in [7, 11) is 0. The zero-order chi connectivity index (χ0) is 20.1. The normalized spacial score (nSPS) is 24.1. The number of hydrogen-bond donors (Lipinski definition) is 1. The summed E-state index contributed by atoms with van der Waals surface area (Å²) in [5.41, 5.74) is 3.71. The fourth-order valence-corrected chi connectivity index (χ4v) is 4.67. The Labute approximate surface area is 173 Å². The molecule has 4 nitrogen and oxygen atoms in total. The first-order chi connectivity index (χ1) is 14.1. The maximum atomic E-state index is 11.2. The fourth-order valence-electron chi connectivity index (χ4n) is 4.67. The van der Waals surface area contributed by atoms with E-state index in [1.54, 1.807) is 0 Å². The minimum absolute atomic E-state index is 0.0369. The Hall–Kier alpha value is -2.43. The second-order valence-electron chi connectivity index (χ2n) is 8.37. The van der Waals surface area contributed by atoms with Gasteiger partial charge in [-0.1, -0.05) is 54.6 Å². The topological polar surface area (TPSA) is 41.6 Å². The first-order valence-electron chi connectivity index (χ1n) is 10.5. The van der Waals surface area contributed by atoms with Gasteiger partial charge in [0.2, 0.25) is 5.91 Å². The number of carbonyl (C=O) groups excluding carboxylic acids is 1. The lowest BCUT2D eigenvalue weighted by atomic mass is 9.76. The standard InChI is InChI=1S/C25H30N2O2/c1-20(28)26-23-11-9-22(10-12-23)18-27-16-15-25(19-27,24-8-5-17-29-24)14-13-21-6-3-2-4-7-21/h2-12,24H,13-19H2,1H3,(H,26,28)/t24-,25+/m0/s1. The number of aryl methyl sites for hydroxylation is 1. The van der Waals surface area contributed by atoms with E-state index in [-0.39, 0.29) is 17.4 Å². The lowest BCUT2D eigenvalue weighted by molar-refractivity contribution is -0.114. The largest absolute Gasteiger partial charge is 0.369 e. The predicted molar refractivity (Wildman–Crippen MR) is 117 cm³/mol. The van der Waals surface area contributed by atoms with Gasteiger partial charge in [0.05, 0.1) is 12.7 Å². The van der Waals surface area contributed by atoms with Crippen LogP contribution in [0.1, 0.15) is 30.9 Å². The van der Waals surface area contributed by atoms with Gasteiger partial charge >= 0.3 is 0 Å². The molecule has 0 unspecified atom stereocenters. The number of hydrogen-bond acceptors (Lipinski definition) is 3. The van der Waals surface area contributed by atoms with Crippen LogP contribution in [-0.2, 0) is 22.5 Å². The second-order valence-corrected chi connectivity index (χ2v) is 8.37. The number of ether oxygens (including phenoxy) is 1. The number of nitrogens with zero attached hydrogens (tertiary/aromatic N) is 1. The second kappa shape index (κ2) is 8.93. The molecule has 29 heavy (non-hydrogen) atoms. The number of amides is 1.